The summed E-state index contributed by atoms with van der Waals surface area (Å²) in [5, 5.41) is 13.2. The molecular weight excluding hydrogens is 344 g/mol. The van der Waals surface area contributed by atoms with Gasteiger partial charge in [0.05, 0.1) is 17.6 Å². The van der Waals surface area contributed by atoms with E-state index in [1.165, 1.54) is 24.3 Å². The fourth-order valence-corrected chi connectivity index (χ4v) is 2.73. The van der Waals surface area contributed by atoms with Crippen molar-refractivity contribution in [3.05, 3.63) is 67.0 Å². The Balaban J connectivity index is 1.85. The summed E-state index contributed by atoms with van der Waals surface area (Å²) in [5.41, 5.74) is -1.67. The largest absolute Gasteiger partial charge is 0.376 e. The quantitative estimate of drug-likeness (QED) is 0.600. The van der Waals surface area contributed by atoms with Gasteiger partial charge in [-0.05, 0) is 18.9 Å². The first-order valence-electron chi connectivity index (χ1n) is 7.95. The van der Waals surface area contributed by atoms with Gasteiger partial charge in [0.1, 0.15) is 5.56 Å². The van der Waals surface area contributed by atoms with Crippen molar-refractivity contribution in [2.45, 2.75) is 25.5 Å². The zero-order valence-electron chi connectivity index (χ0n) is 13.6. The van der Waals surface area contributed by atoms with Crippen LogP contribution in [0.1, 0.15) is 23.2 Å². The second-order valence-corrected chi connectivity index (χ2v) is 5.82. The first-order valence-corrected chi connectivity index (χ1v) is 7.95. The summed E-state index contributed by atoms with van der Waals surface area (Å²) in [6.45, 7) is 0.635. The number of ether oxygens (including phenoxy) is 1. The highest BCUT2D eigenvalue weighted by Gasteiger charge is 2.21. The molecule has 1 atom stereocenters. The Hall–Kier alpha value is -3.27. The Morgan fingerprint density at radius 3 is 2.92 bits per heavy atom. The van der Waals surface area contributed by atoms with Crippen molar-refractivity contribution in [1.29, 1.82) is 0 Å². The lowest BCUT2D eigenvalue weighted by Gasteiger charge is -2.12. The maximum absolute atomic E-state index is 12.5. The van der Waals surface area contributed by atoms with Gasteiger partial charge in [0.25, 0.3) is 17.2 Å². The SMILES string of the molecule is O=C(Nc1cccc([N+](=O)[O-])c1)c1c[nH]c(=O)n(CC2CCCO2)c1=O. The highest BCUT2D eigenvalue weighted by atomic mass is 16.6. The minimum Gasteiger partial charge on any atom is -0.376 e. The number of aromatic nitrogens is 2. The second-order valence-electron chi connectivity index (χ2n) is 5.82. The summed E-state index contributed by atoms with van der Waals surface area (Å²) in [6.07, 6.45) is 2.37. The third kappa shape index (κ3) is 3.70. The fourth-order valence-electron chi connectivity index (χ4n) is 2.73. The Morgan fingerprint density at radius 2 is 2.23 bits per heavy atom. The lowest BCUT2D eigenvalue weighted by Crippen LogP contribution is -2.41. The van der Waals surface area contributed by atoms with E-state index in [2.05, 4.69) is 10.3 Å². The molecule has 2 N–H and O–H groups in total. The van der Waals surface area contributed by atoms with Gasteiger partial charge in [-0.2, -0.15) is 0 Å². The molecule has 0 saturated carbocycles. The topological polar surface area (TPSA) is 136 Å². The van der Waals surface area contributed by atoms with Gasteiger partial charge in [-0.25, -0.2) is 4.79 Å². The number of aromatic amines is 1. The average molecular weight is 360 g/mol. The smallest absolute Gasteiger partial charge is 0.328 e. The maximum atomic E-state index is 12.5. The summed E-state index contributed by atoms with van der Waals surface area (Å²) in [5.74, 6) is -0.771. The maximum Gasteiger partial charge on any atom is 0.328 e. The Labute approximate surface area is 146 Å². The van der Waals surface area contributed by atoms with Crippen LogP contribution in [0.25, 0.3) is 0 Å². The number of H-pyrrole nitrogens is 1. The van der Waals surface area contributed by atoms with Crippen molar-refractivity contribution in [2.24, 2.45) is 0 Å². The van der Waals surface area contributed by atoms with Crippen LogP contribution < -0.4 is 16.6 Å². The Morgan fingerprint density at radius 1 is 1.42 bits per heavy atom. The Bertz CT molecular complexity index is 958. The summed E-state index contributed by atoms with van der Waals surface area (Å²) >= 11 is 0. The minimum atomic E-state index is -0.771. The molecule has 0 spiro atoms. The molecule has 0 aliphatic carbocycles. The first-order chi connectivity index (χ1) is 12.5. The molecule has 136 valence electrons. The molecule has 3 rings (SSSR count). The van der Waals surface area contributed by atoms with Crippen molar-refractivity contribution < 1.29 is 14.5 Å². The van der Waals surface area contributed by atoms with E-state index in [9.17, 15) is 24.5 Å². The van der Waals surface area contributed by atoms with Crippen molar-refractivity contribution >= 4 is 17.3 Å². The van der Waals surface area contributed by atoms with Gasteiger partial charge < -0.3 is 15.0 Å². The predicted octanol–water partition coefficient (Wildman–Crippen LogP) is 0.876. The van der Waals surface area contributed by atoms with E-state index >= 15 is 0 Å². The lowest BCUT2D eigenvalue weighted by molar-refractivity contribution is -0.384. The second kappa shape index (κ2) is 7.31. The van der Waals surface area contributed by atoms with E-state index < -0.39 is 22.1 Å². The molecule has 2 heterocycles. The zero-order chi connectivity index (χ0) is 18.7. The van der Waals surface area contributed by atoms with Crippen molar-refractivity contribution in [1.82, 2.24) is 9.55 Å². The van der Waals surface area contributed by atoms with Gasteiger partial charge in [-0.1, -0.05) is 6.07 Å². The number of nitrogens with zero attached hydrogens (tertiary/aromatic N) is 2. The molecule has 1 saturated heterocycles. The number of rotatable bonds is 5. The van der Waals surface area contributed by atoms with E-state index in [1.807, 2.05) is 0 Å². The van der Waals surface area contributed by atoms with Gasteiger partial charge in [0, 0.05) is 30.6 Å². The fraction of sp³-hybridized carbons (Fsp3) is 0.312. The van der Waals surface area contributed by atoms with Crippen LogP contribution >= 0.6 is 0 Å². The van der Waals surface area contributed by atoms with Gasteiger partial charge in [0.2, 0.25) is 0 Å². The van der Waals surface area contributed by atoms with Gasteiger partial charge in [-0.15, -0.1) is 0 Å². The van der Waals surface area contributed by atoms with Crippen molar-refractivity contribution in [3.63, 3.8) is 0 Å². The lowest BCUT2D eigenvalue weighted by atomic mass is 10.2. The van der Waals surface area contributed by atoms with Crippen LogP contribution in [0.3, 0.4) is 0 Å². The summed E-state index contributed by atoms with van der Waals surface area (Å²) in [6, 6.07) is 5.33. The van der Waals surface area contributed by atoms with Crippen LogP contribution in [-0.2, 0) is 11.3 Å². The highest BCUT2D eigenvalue weighted by Crippen LogP contribution is 2.17. The third-order valence-corrected chi connectivity index (χ3v) is 4.03. The van der Waals surface area contributed by atoms with Crippen LogP contribution in [0.2, 0.25) is 0 Å². The summed E-state index contributed by atoms with van der Waals surface area (Å²) in [4.78, 5) is 49.4. The van der Waals surface area contributed by atoms with Gasteiger partial charge in [0.15, 0.2) is 0 Å². The number of amides is 1. The van der Waals surface area contributed by atoms with E-state index in [-0.39, 0.29) is 29.6 Å². The molecule has 10 nitrogen and oxygen atoms in total. The van der Waals surface area contributed by atoms with E-state index in [0.717, 1.165) is 23.6 Å². The number of nitro groups is 1. The molecule has 1 unspecified atom stereocenters. The summed E-state index contributed by atoms with van der Waals surface area (Å²) in [7, 11) is 0. The van der Waals surface area contributed by atoms with Gasteiger partial charge >= 0.3 is 5.69 Å². The number of non-ortho nitro benzene ring substituents is 1. The molecule has 0 bridgehead atoms. The molecule has 26 heavy (non-hydrogen) atoms. The number of benzene rings is 1. The molecule has 1 amide bonds. The molecule has 0 radical (unpaired) electrons. The van der Waals surface area contributed by atoms with Crippen LogP contribution in [0.5, 0.6) is 0 Å². The van der Waals surface area contributed by atoms with E-state index in [1.54, 1.807) is 0 Å². The van der Waals surface area contributed by atoms with Crippen LogP contribution in [0.4, 0.5) is 11.4 Å². The zero-order valence-corrected chi connectivity index (χ0v) is 13.6. The summed E-state index contributed by atoms with van der Waals surface area (Å²) < 4.78 is 6.35. The number of anilines is 1. The molecular formula is C16H16N4O6. The molecule has 1 aromatic carbocycles. The molecule has 2 aromatic rings. The predicted molar refractivity (Wildman–Crippen MR) is 91.3 cm³/mol. The normalized spacial score (nSPS) is 16.4. The minimum absolute atomic E-state index is 0.0616. The number of hydrogen-bond donors (Lipinski definition) is 2. The number of nitrogens with one attached hydrogen (secondary N) is 2. The standard InChI is InChI=1S/C16H16N4O6/c21-14(18-10-3-1-4-11(7-10)20(24)25)13-8-17-16(23)19(15(13)22)9-12-5-2-6-26-12/h1,3-4,7-8,12H,2,5-6,9H2,(H,17,23)(H,18,21). The molecule has 1 aliphatic rings. The van der Waals surface area contributed by atoms with Gasteiger partial charge in [-0.3, -0.25) is 24.3 Å². The van der Waals surface area contributed by atoms with Crippen molar-refractivity contribution in [3.8, 4) is 0 Å². The third-order valence-electron chi connectivity index (χ3n) is 4.03. The average Bonchev–Trinajstić information content (AvgIpc) is 3.12. The Kier molecular flexibility index (Phi) is 4.94. The molecule has 1 aliphatic heterocycles. The molecule has 1 fully saturated rings. The number of nitro benzene ring substituents is 1. The van der Waals surface area contributed by atoms with Crippen molar-refractivity contribution in [2.75, 3.05) is 11.9 Å². The van der Waals surface area contributed by atoms with Crippen LogP contribution in [-0.4, -0.2) is 33.1 Å². The number of hydrogen-bond acceptors (Lipinski definition) is 6. The number of carbonyl (C=O) groups excluding carboxylic acids is 1. The van der Waals surface area contributed by atoms with E-state index in [4.69, 9.17) is 4.74 Å². The highest BCUT2D eigenvalue weighted by molar-refractivity contribution is 6.03. The molecule has 1 aromatic heterocycles. The number of carbonyl (C=O) groups is 1. The molecule has 10 heteroatoms. The van der Waals surface area contributed by atoms with Crippen LogP contribution in [0.15, 0.2) is 40.1 Å². The first kappa shape index (κ1) is 17.5. The monoisotopic (exact) mass is 360 g/mol. The van der Waals surface area contributed by atoms with E-state index in [0.29, 0.717) is 6.61 Å². The van der Waals surface area contributed by atoms with Crippen LogP contribution in [0, 0.1) is 10.1 Å².